The van der Waals surface area contributed by atoms with Crippen LogP contribution in [0.2, 0.25) is 0 Å². The molecule has 2 aromatic rings. The Balaban J connectivity index is 2.08. The highest BCUT2D eigenvalue weighted by atomic mass is 16.5. The molecule has 150 valence electrons. The van der Waals surface area contributed by atoms with Crippen molar-refractivity contribution in [3.05, 3.63) is 65.2 Å². The molecule has 0 heterocycles. The van der Waals surface area contributed by atoms with E-state index in [1.165, 1.54) is 11.1 Å². The molecule has 0 aliphatic heterocycles. The Kier molecular flexibility index (Phi) is 8.31. The molecule has 0 bridgehead atoms. The summed E-state index contributed by atoms with van der Waals surface area (Å²) in [5.41, 5.74) is 4.25. The van der Waals surface area contributed by atoms with E-state index >= 15 is 0 Å². The van der Waals surface area contributed by atoms with Gasteiger partial charge >= 0.3 is 0 Å². The van der Waals surface area contributed by atoms with Crippen LogP contribution in [0.15, 0.2) is 48.5 Å². The third kappa shape index (κ3) is 6.26. The third-order valence-corrected chi connectivity index (χ3v) is 4.70. The fraction of sp³-hybridized carbons (Fsp3) is 0.400. The minimum absolute atomic E-state index is 0.113. The molecule has 3 nitrogen and oxygen atoms in total. The van der Waals surface area contributed by atoms with Crippen LogP contribution in [0.4, 0.5) is 5.69 Å². The van der Waals surface area contributed by atoms with Gasteiger partial charge in [0.15, 0.2) is 0 Å². The SMILES string of the molecule is CCCCOc1ccc(C=CC(=O)Nc2c(C(C)C)cccc2C(C)C)cc1. The van der Waals surface area contributed by atoms with E-state index in [2.05, 4.69) is 58.1 Å². The number of benzene rings is 2. The van der Waals surface area contributed by atoms with Crippen LogP contribution in [0.5, 0.6) is 5.75 Å². The first-order chi connectivity index (χ1) is 13.4. The van der Waals surface area contributed by atoms with Crippen molar-refractivity contribution < 1.29 is 9.53 Å². The monoisotopic (exact) mass is 379 g/mol. The van der Waals surface area contributed by atoms with Crippen LogP contribution in [-0.4, -0.2) is 12.5 Å². The predicted molar refractivity (Wildman–Crippen MR) is 119 cm³/mol. The van der Waals surface area contributed by atoms with E-state index in [9.17, 15) is 4.79 Å². The quantitative estimate of drug-likeness (QED) is 0.386. The standard InChI is InChI=1S/C25H33NO2/c1-6-7-17-28-21-14-11-20(12-15-21)13-16-24(27)26-25-22(18(2)3)9-8-10-23(25)19(4)5/h8-16,18-19H,6-7,17H2,1-5H3,(H,26,27). The van der Waals surface area contributed by atoms with Gasteiger partial charge in [0.2, 0.25) is 5.91 Å². The molecular formula is C25H33NO2. The lowest BCUT2D eigenvalue weighted by molar-refractivity contribution is -0.111. The van der Waals surface area contributed by atoms with Gasteiger partial charge in [0.05, 0.1) is 6.61 Å². The van der Waals surface area contributed by atoms with Crippen molar-refractivity contribution in [1.82, 2.24) is 0 Å². The Morgan fingerprint density at radius 1 is 1.00 bits per heavy atom. The van der Waals surface area contributed by atoms with Crippen molar-refractivity contribution in [3.8, 4) is 5.75 Å². The van der Waals surface area contributed by atoms with Gasteiger partial charge < -0.3 is 10.1 Å². The van der Waals surface area contributed by atoms with Crippen molar-refractivity contribution in [1.29, 1.82) is 0 Å². The highest BCUT2D eigenvalue weighted by Gasteiger charge is 2.14. The molecule has 0 atom stereocenters. The molecule has 2 rings (SSSR count). The summed E-state index contributed by atoms with van der Waals surface area (Å²) in [5, 5.41) is 3.11. The lowest BCUT2D eigenvalue weighted by Gasteiger charge is -2.19. The maximum atomic E-state index is 12.6. The minimum Gasteiger partial charge on any atom is -0.494 e. The zero-order valence-corrected chi connectivity index (χ0v) is 17.8. The van der Waals surface area contributed by atoms with E-state index in [0.29, 0.717) is 11.8 Å². The molecule has 0 aromatic heterocycles. The first kappa shape index (κ1) is 21.7. The molecule has 28 heavy (non-hydrogen) atoms. The number of carbonyl (C=O) groups is 1. The molecule has 0 aliphatic carbocycles. The van der Waals surface area contributed by atoms with Crippen LogP contribution in [0.1, 0.15) is 76.0 Å². The molecule has 0 saturated heterocycles. The summed E-state index contributed by atoms with van der Waals surface area (Å²) < 4.78 is 5.67. The number of unbranched alkanes of at least 4 members (excludes halogenated alkanes) is 1. The molecule has 0 unspecified atom stereocenters. The summed E-state index contributed by atoms with van der Waals surface area (Å²) in [6, 6.07) is 14.1. The van der Waals surface area contributed by atoms with Crippen LogP contribution < -0.4 is 10.1 Å². The van der Waals surface area contributed by atoms with Gasteiger partial charge in [0.25, 0.3) is 0 Å². The number of rotatable bonds is 9. The Morgan fingerprint density at radius 3 is 2.14 bits per heavy atom. The van der Waals surface area contributed by atoms with Gasteiger partial charge in [-0.1, -0.05) is 71.4 Å². The molecule has 3 heteroatoms. The molecule has 0 aliphatic rings. The lowest BCUT2D eigenvalue weighted by atomic mass is 9.92. The van der Waals surface area contributed by atoms with Crippen molar-refractivity contribution >= 4 is 17.7 Å². The number of hydrogen-bond acceptors (Lipinski definition) is 2. The smallest absolute Gasteiger partial charge is 0.248 e. The second-order valence-electron chi connectivity index (χ2n) is 7.71. The predicted octanol–water partition coefficient (Wildman–Crippen LogP) is 6.76. The molecule has 0 spiro atoms. The van der Waals surface area contributed by atoms with Gasteiger partial charge in [0, 0.05) is 11.8 Å². The topological polar surface area (TPSA) is 38.3 Å². The highest BCUT2D eigenvalue weighted by Crippen LogP contribution is 2.32. The van der Waals surface area contributed by atoms with Crippen LogP contribution >= 0.6 is 0 Å². The average molecular weight is 380 g/mol. The Labute approximate surface area is 169 Å². The number of anilines is 1. The number of ether oxygens (including phenoxy) is 1. The largest absolute Gasteiger partial charge is 0.494 e. The van der Waals surface area contributed by atoms with Gasteiger partial charge in [-0.05, 0) is 53.2 Å². The summed E-state index contributed by atoms with van der Waals surface area (Å²) in [7, 11) is 0. The van der Waals surface area contributed by atoms with E-state index in [-0.39, 0.29) is 5.91 Å². The van der Waals surface area contributed by atoms with E-state index < -0.39 is 0 Å². The fourth-order valence-electron chi connectivity index (χ4n) is 3.04. The first-order valence-electron chi connectivity index (χ1n) is 10.3. The third-order valence-electron chi connectivity index (χ3n) is 4.70. The second-order valence-corrected chi connectivity index (χ2v) is 7.71. The Hall–Kier alpha value is -2.55. The van der Waals surface area contributed by atoms with Gasteiger partial charge in [-0.3, -0.25) is 4.79 Å². The van der Waals surface area contributed by atoms with Crippen LogP contribution in [0, 0.1) is 0 Å². The summed E-state index contributed by atoms with van der Waals surface area (Å²) in [6.07, 6.45) is 5.60. The van der Waals surface area contributed by atoms with Crippen molar-refractivity contribution in [2.45, 2.75) is 59.3 Å². The molecule has 0 fully saturated rings. The summed E-state index contributed by atoms with van der Waals surface area (Å²) in [5.74, 6) is 1.44. The maximum absolute atomic E-state index is 12.6. The molecular weight excluding hydrogens is 346 g/mol. The lowest BCUT2D eigenvalue weighted by Crippen LogP contribution is -2.13. The number of amides is 1. The van der Waals surface area contributed by atoms with Crippen LogP contribution in [-0.2, 0) is 4.79 Å². The second kappa shape index (κ2) is 10.7. The number of carbonyl (C=O) groups excluding carboxylic acids is 1. The molecule has 1 amide bonds. The Morgan fingerprint density at radius 2 is 1.61 bits per heavy atom. The molecule has 0 radical (unpaired) electrons. The maximum Gasteiger partial charge on any atom is 0.248 e. The van der Waals surface area contributed by atoms with E-state index in [1.807, 2.05) is 30.3 Å². The summed E-state index contributed by atoms with van der Waals surface area (Å²) in [4.78, 5) is 12.6. The average Bonchev–Trinajstić information content (AvgIpc) is 2.67. The normalized spacial score (nSPS) is 11.4. The Bertz CT molecular complexity index is 762. The van der Waals surface area contributed by atoms with Gasteiger partial charge in [-0.2, -0.15) is 0 Å². The fourth-order valence-corrected chi connectivity index (χ4v) is 3.04. The molecule has 0 saturated carbocycles. The minimum atomic E-state index is -0.113. The van der Waals surface area contributed by atoms with Crippen LogP contribution in [0.25, 0.3) is 6.08 Å². The van der Waals surface area contributed by atoms with Crippen molar-refractivity contribution in [3.63, 3.8) is 0 Å². The van der Waals surface area contributed by atoms with Gasteiger partial charge in [0.1, 0.15) is 5.75 Å². The van der Waals surface area contributed by atoms with Gasteiger partial charge in [-0.15, -0.1) is 0 Å². The van der Waals surface area contributed by atoms with E-state index in [0.717, 1.165) is 36.4 Å². The summed E-state index contributed by atoms with van der Waals surface area (Å²) >= 11 is 0. The first-order valence-corrected chi connectivity index (χ1v) is 10.3. The zero-order valence-electron chi connectivity index (χ0n) is 17.8. The van der Waals surface area contributed by atoms with Gasteiger partial charge in [-0.25, -0.2) is 0 Å². The van der Waals surface area contributed by atoms with E-state index in [4.69, 9.17) is 4.74 Å². The molecule has 2 aromatic carbocycles. The summed E-state index contributed by atoms with van der Waals surface area (Å²) in [6.45, 7) is 11.5. The van der Waals surface area contributed by atoms with Crippen LogP contribution in [0.3, 0.4) is 0 Å². The number of hydrogen-bond donors (Lipinski definition) is 1. The zero-order chi connectivity index (χ0) is 20.5. The number of para-hydroxylation sites is 1. The van der Waals surface area contributed by atoms with E-state index in [1.54, 1.807) is 6.08 Å². The van der Waals surface area contributed by atoms with Crippen molar-refractivity contribution in [2.24, 2.45) is 0 Å². The van der Waals surface area contributed by atoms with Crippen molar-refractivity contribution in [2.75, 3.05) is 11.9 Å². The molecule has 1 N–H and O–H groups in total. The highest BCUT2D eigenvalue weighted by molar-refractivity contribution is 6.03. The number of nitrogens with one attached hydrogen (secondary N) is 1.